The smallest absolute Gasteiger partial charge is 0.0815 e. The summed E-state index contributed by atoms with van der Waals surface area (Å²) >= 11 is 0. The van der Waals surface area contributed by atoms with Crippen LogP contribution in [0.3, 0.4) is 0 Å². The van der Waals surface area contributed by atoms with Crippen LogP contribution in [0.1, 0.15) is 44.3 Å². The summed E-state index contributed by atoms with van der Waals surface area (Å²) in [7, 11) is 0. The summed E-state index contributed by atoms with van der Waals surface area (Å²) in [6, 6.07) is 10.6. The van der Waals surface area contributed by atoms with Gasteiger partial charge in [-0.3, -0.25) is 0 Å². The van der Waals surface area contributed by atoms with E-state index >= 15 is 0 Å². The van der Waals surface area contributed by atoms with Gasteiger partial charge in [0.25, 0.3) is 0 Å². The largest absolute Gasteiger partial charge is 0.309 e. The number of benzene rings is 1. The zero-order valence-corrected chi connectivity index (χ0v) is 12.0. The number of para-hydroxylation sites is 1. The molecule has 0 aliphatic heterocycles. The van der Waals surface area contributed by atoms with Crippen LogP contribution >= 0.6 is 0 Å². The third kappa shape index (κ3) is 2.75. The molecule has 1 atom stereocenters. The molecule has 0 spiro atoms. The molecular weight excluding hydrogens is 248 g/mol. The summed E-state index contributed by atoms with van der Waals surface area (Å²) in [5, 5.41) is 12.0. The van der Waals surface area contributed by atoms with Crippen LogP contribution in [-0.4, -0.2) is 21.5 Å². The lowest BCUT2D eigenvalue weighted by atomic mass is 9.80. The van der Waals surface area contributed by atoms with Crippen molar-refractivity contribution in [2.24, 2.45) is 5.92 Å². The fourth-order valence-corrected chi connectivity index (χ4v) is 2.87. The van der Waals surface area contributed by atoms with Gasteiger partial charge in [-0.15, -0.1) is 5.10 Å². The van der Waals surface area contributed by atoms with Crippen molar-refractivity contribution < 1.29 is 0 Å². The van der Waals surface area contributed by atoms with E-state index in [4.69, 9.17) is 0 Å². The summed E-state index contributed by atoms with van der Waals surface area (Å²) in [5.74, 6) is 0.859. The van der Waals surface area contributed by atoms with Gasteiger partial charge in [0.15, 0.2) is 0 Å². The van der Waals surface area contributed by atoms with Crippen LogP contribution in [0.25, 0.3) is 5.69 Å². The zero-order valence-electron chi connectivity index (χ0n) is 12.0. The molecule has 0 amide bonds. The summed E-state index contributed by atoms with van der Waals surface area (Å²) < 4.78 is 1.96. The molecule has 2 aromatic rings. The monoisotopic (exact) mass is 270 g/mol. The molecule has 1 aromatic carbocycles. The fourth-order valence-electron chi connectivity index (χ4n) is 2.87. The van der Waals surface area contributed by atoms with Crippen LogP contribution < -0.4 is 5.32 Å². The Morgan fingerprint density at radius 1 is 1.30 bits per heavy atom. The Hall–Kier alpha value is -1.68. The summed E-state index contributed by atoms with van der Waals surface area (Å²) in [6.45, 7) is 3.13. The molecule has 1 aliphatic carbocycles. The molecule has 0 radical (unpaired) electrons. The van der Waals surface area contributed by atoms with Crippen LogP contribution in [0, 0.1) is 5.92 Å². The van der Waals surface area contributed by atoms with Crippen molar-refractivity contribution in [2.45, 2.75) is 38.6 Å². The van der Waals surface area contributed by atoms with Gasteiger partial charge in [-0.1, -0.05) is 49.6 Å². The highest BCUT2D eigenvalue weighted by Gasteiger charge is 2.25. The molecule has 4 heteroatoms. The molecule has 1 fully saturated rings. The minimum absolute atomic E-state index is 0.348. The number of nitrogens with zero attached hydrogens (tertiary/aromatic N) is 3. The first-order valence-electron chi connectivity index (χ1n) is 7.58. The molecule has 1 saturated carbocycles. The average Bonchev–Trinajstić information content (AvgIpc) is 2.91. The molecule has 1 aliphatic rings. The van der Waals surface area contributed by atoms with E-state index in [2.05, 4.69) is 34.7 Å². The predicted molar refractivity (Wildman–Crippen MR) is 79.7 cm³/mol. The molecule has 0 saturated heterocycles. The standard InChI is InChI=1S/C16H22N4/c1-2-17-15(11-13-7-6-8-13)16-12-18-19-20(16)14-9-4-3-5-10-14/h3-5,9-10,12-13,15,17H,2,6-8,11H2,1H3. The summed E-state index contributed by atoms with van der Waals surface area (Å²) in [5.41, 5.74) is 2.25. The van der Waals surface area contributed by atoms with Crippen molar-refractivity contribution >= 4 is 0 Å². The van der Waals surface area contributed by atoms with Crippen molar-refractivity contribution in [2.75, 3.05) is 6.54 Å². The highest BCUT2D eigenvalue weighted by atomic mass is 15.4. The molecule has 106 valence electrons. The molecular formula is C16H22N4. The number of hydrogen-bond acceptors (Lipinski definition) is 3. The number of hydrogen-bond donors (Lipinski definition) is 1. The lowest BCUT2D eigenvalue weighted by Gasteiger charge is -2.30. The maximum atomic E-state index is 4.27. The van der Waals surface area contributed by atoms with E-state index in [1.165, 1.54) is 31.4 Å². The molecule has 1 heterocycles. The van der Waals surface area contributed by atoms with Crippen LogP contribution in [0.15, 0.2) is 36.5 Å². The highest BCUT2D eigenvalue weighted by molar-refractivity contribution is 5.32. The summed E-state index contributed by atoms with van der Waals surface area (Å²) in [4.78, 5) is 0. The van der Waals surface area contributed by atoms with E-state index in [1.54, 1.807) is 0 Å². The quantitative estimate of drug-likeness (QED) is 0.877. The lowest BCUT2D eigenvalue weighted by molar-refractivity contribution is 0.259. The molecule has 1 unspecified atom stereocenters. The Kier molecular flexibility index (Phi) is 4.11. The Morgan fingerprint density at radius 2 is 2.10 bits per heavy atom. The van der Waals surface area contributed by atoms with Gasteiger partial charge in [-0.2, -0.15) is 0 Å². The Balaban J connectivity index is 1.85. The SMILES string of the molecule is CCNC(CC1CCC1)c1cnnn1-c1ccccc1. The molecule has 1 aromatic heterocycles. The van der Waals surface area contributed by atoms with Crippen LogP contribution in [0.2, 0.25) is 0 Å². The Morgan fingerprint density at radius 3 is 2.75 bits per heavy atom. The van der Waals surface area contributed by atoms with E-state index in [1.807, 2.05) is 29.1 Å². The van der Waals surface area contributed by atoms with E-state index in [0.717, 1.165) is 18.2 Å². The first-order chi connectivity index (χ1) is 9.88. The normalized spacial score (nSPS) is 16.9. The topological polar surface area (TPSA) is 42.7 Å². The predicted octanol–water partition coefficient (Wildman–Crippen LogP) is 3.11. The van der Waals surface area contributed by atoms with E-state index in [9.17, 15) is 0 Å². The van der Waals surface area contributed by atoms with E-state index in [0.29, 0.717) is 6.04 Å². The van der Waals surface area contributed by atoms with E-state index < -0.39 is 0 Å². The van der Waals surface area contributed by atoms with Crippen molar-refractivity contribution in [3.8, 4) is 5.69 Å². The lowest BCUT2D eigenvalue weighted by Crippen LogP contribution is -2.27. The molecule has 20 heavy (non-hydrogen) atoms. The second kappa shape index (κ2) is 6.18. The van der Waals surface area contributed by atoms with Gasteiger partial charge in [0.2, 0.25) is 0 Å². The Labute approximate surface area is 120 Å². The number of nitrogens with one attached hydrogen (secondary N) is 1. The van der Waals surface area contributed by atoms with Gasteiger partial charge >= 0.3 is 0 Å². The second-order valence-corrected chi connectivity index (χ2v) is 5.55. The van der Waals surface area contributed by atoms with Crippen molar-refractivity contribution in [3.63, 3.8) is 0 Å². The maximum Gasteiger partial charge on any atom is 0.0815 e. The van der Waals surface area contributed by atoms with Crippen molar-refractivity contribution in [3.05, 3.63) is 42.2 Å². The van der Waals surface area contributed by atoms with Crippen LogP contribution in [0.4, 0.5) is 0 Å². The Bertz CT molecular complexity index is 530. The molecule has 4 nitrogen and oxygen atoms in total. The first kappa shape index (κ1) is 13.3. The molecule has 1 N–H and O–H groups in total. The minimum Gasteiger partial charge on any atom is -0.309 e. The van der Waals surface area contributed by atoms with Crippen molar-refractivity contribution in [1.82, 2.24) is 20.3 Å². The minimum atomic E-state index is 0.348. The first-order valence-corrected chi connectivity index (χ1v) is 7.58. The van der Waals surface area contributed by atoms with Gasteiger partial charge in [0.1, 0.15) is 0 Å². The molecule has 0 bridgehead atoms. The third-order valence-electron chi connectivity index (χ3n) is 4.18. The number of aromatic nitrogens is 3. The third-order valence-corrected chi connectivity index (χ3v) is 4.18. The fraction of sp³-hybridized carbons (Fsp3) is 0.500. The van der Waals surface area contributed by atoms with Crippen molar-refractivity contribution in [1.29, 1.82) is 0 Å². The van der Waals surface area contributed by atoms with Gasteiger partial charge in [0.05, 0.1) is 23.6 Å². The second-order valence-electron chi connectivity index (χ2n) is 5.55. The zero-order chi connectivity index (χ0) is 13.8. The maximum absolute atomic E-state index is 4.27. The van der Waals surface area contributed by atoms with E-state index in [-0.39, 0.29) is 0 Å². The van der Waals surface area contributed by atoms with Gasteiger partial charge in [-0.05, 0) is 31.0 Å². The van der Waals surface area contributed by atoms with Crippen LogP contribution in [-0.2, 0) is 0 Å². The highest BCUT2D eigenvalue weighted by Crippen LogP contribution is 2.34. The molecule has 3 rings (SSSR count). The summed E-state index contributed by atoms with van der Waals surface area (Å²) in [6.07, 6.45) is 7.22. The van der Waals surface area contributed by atoms with Gasteiger partial charge in [0, 0.05) is 0 Å². The van der Waals surface area contributed by atoms with Gasteiger partial charge in [-0.25, -0.2) is 4.68 Å². The average molecular weight is 270 g/mol. The van der Waals surface area contributed by atoms with Gasteiger partial charge < -0.3 is 5.32 Å². The number of rotatable bonds is 6. The van der Waals surface area contributed by atoms with Crippen LogP contribution in [0.5, 0.6) is 0 Å².